The van der Waals surface area contributed by atoms with Gasteiger partial charge in [-0.05, 0) is 19.8 Å². The molecule has 3 aliphatic heterocycles. The molecule has 27 heteroatoms. The first kappa shape index (κ1) is 48.6. The molecular weight excluding hydrogens is 846 g/mol. The number of hydrogen-bond acceptors (Lipinski definition) is 24. The van der Waals surface area contributed by atoms with E-state index in [1.54, 1.807) is 28.7 Å². The minimum Gasteiger partial charge on any atom is -0.445 e. The molecule has 13 N–H and O–H groups in total. The van der Waals surface area contributed by atoms with Crippen molar-refractivity contribution in [2.75, 3.05) is 32.2 Å². The van der Waals surface area contributed by atoms with Gasteiger partial charge < -0.3 is 99.8 Å². The number of aryl methyl sites for hydroxylation is 1. The van der Waals surface area contributed by atoms with Crippen LogP contribution in [0.3, 0.4) is 0 Å². The minimum atomic E-state index is -1.94. The number of fused-ring (bicyclic) bond motifs is 1. The number of carbonyl (C=O) groups excluding carboxylic acids is 1. The summed E-state index contributed by atoms with van der Waals surface area (Å²) in [6.07, 6.45) is -18.5. The topological polar surface area (TPSA) is 396 Å². The number of hydrogen-bond donors (Lipinski definition) is 12. The maximum absolute atomic E-state index is 12.4. The second kappa shape index (κ2) is 22.3. The van der Waals surface area contributed by atoms with Crippen molar-refractivity contribution in [2.24, 2.45) is 0 Å². The van der Waals surface area contributed by atoms with E-state index in [1.807, 2.05) is 0 Å². The van der Waals surface area contributed by atoms with Crippen LogP contribution in [0.2, 0.25) is 0 Å². The molecule has 3 aromatic heterocycles. The van der Waals surface area contributed by atoms with Crippen molar-refractivity contribution in [3.05, 3.63) is 24.5 Å². The molecule has 0 saturated carbocycles. The molecule has 16 atom stereocenters. The normalized spacial score (nSPS) is 34.2. The Morgan fingerprint density at radius 1 is 0.778 bits per heavy atom. The highest BCUT2D eigenvalue weighted by Gasteiger charge is 2.53. The third-order valence-corrected chi connectivity index (χ3v) is 10.8. The molecule has 3 aliphatic rings. The van der Waals surface area contributed by atoms with E-state index in [-0.39, 0.29) is 19.0 Å². The second-order valence-electron chi connectivity index (χ2n) is 15.5. The number of ether oxygens (including phenoxy) is 7. The highest BCUT2D eigenvalue weighted by Crippen LogP contribution is 2.33. The van der Waals surface area contributed by atoms with Crippen LogP contribution in [0, 0.1) is 0 Å². The van der Waals surface area contributed by atoms with E-state index in [0.717, 1.165) is 19.3 Å². The number of nitrogen functional groups attached to an aromatic ring is 1. The predicted octanol–water partition coefficient (Wildman–Crippen LogP) is -5.66. The lowest BCUT2D eigenvalue weighted by molar-refractivity contribution is -0.379. The van der Waals surface area contributed by atoms with E-state index in [9.17, 15) is 55.9 Å². The van der Waals surface area contributed by atoms with Crippen LogP contribution in [0.5, 0.6) is 0 Å². The van der Waals surface area contributed by atoms with Crippen molar-refractivity contribution in [3.8, 4) is 0 Å². The Hall–Kier alpha value is -3.88. The zero-order chi connectivity index (χ0) is 45.4. The fourth-order valence-electron chi connectivity index (χ4n) is 7.37. The fourth-order valence-corrected chi connectivity index (χ4v) is 7.37. The molecule has 0 radical (unpaired) electrons. The lowest BCUT2D eigenvalue weighted by atomic mass is 9.96. The first-order valence-electron chi connectivity index (χ1n) is 20.5. The standard InChI is InChI=1S/C36H57N9O18/c1-16(9-44-15-41-21-31(37)39-14-40-32(21)44)58-36(56)38-8-17-10-45(43-42-17)6-4-2-3-5-7-57-33-27(54)24(51)29(19(12-47)60-33)63-35-28(55)25(52)30(20(13-48)61-35)62-34-26(53)23(50)22(49)18(11-46)59-34/h10,14-16,18-20,22-30,33-35,46-55H,2-9,11-13H2,1H3,(H,38,56)(H2,37,39,40)/t16-,18?,19?,20?,22-,23+,24-,25-,26?,27?,28?,29-,30-,33-,34-,35-/m1/s1. The number of anilines is 1. The van der Waals surface area contributed by atoms with Gasteiger partial charge in [-0.1, -0.05) is 18.1 Å². The Morgan fingerprint density at radius 3 is 2.05 bits per heavy atom. The van der Waals surface area contributed by atoms with Crippen LogP contribution >= 0.6 is 0 Å². The maximum atomic E-state index is 12.4. The summed E-state index contributed by atoms with van der Waals surface area (Å²) in [4.78, 5) is 24.7. The van der Waals surface area contributed by atoms with Crippen molar-refractivity contribution in [1.29, 1.82) is 0 Å². The number of nitrogens with one attached hydrogen (secondary N) is 1. The van der Waals surface area contributed by atoms with E-state index in [4.69, 9.17) is 38.9 Å². The van der Waals surface area contributed by atoms with Crippen LogP contribution < -0.4 is 11.1 Å². The number of aliphatic hydroxyl groups excluding tert-OH is 10. The maximum Gasteiger partial charge on any atom is 0.407 e. The number of nitrogens with two attached hydrogens (primary N) is 1. The number of nitrogens with zero attached hydrogens (tertiary/aromatic N) is 7. The Balaban J connectivity index is 0.871. The lowest BCUT2D eigenvalue weighted by Crippen LogP contribution is -2.66. The van der Waals surface area contributed by atoms with Gasteiger partial charge in [-0.15, -0.1) is 5.10 Å². The van der Waals surface area contributed by atoms with Crippen molar-refractivity contribution in [3.63, 3.8) is 0 Å². The quantitative estimate of drug-likeness (QED) is 0.0470. The Labute approximate surface area is 358 Å². The molecule has 3 saturated heterocycles. The Bertz CT molecular complexity index is 1880. The summed E-state index contributed by atoms with van der Waals surface area (Å²) < 4.78 is 42.3. The van der Waals surface area contributed by atoms with Crippen LogP contribution in [0.15, 0.2) is 18.9 Å². The average Bonchev–Trinajstić information content (AvgIpc) is 3.91. The number of rotatable bonds is 20. The fraction of sp³-hybridized carbons (Fsp3) is 0.778. The number of amides is 1. The molecule has 0 aliphatic carbocycles. The molecule has 3 fully saturated rings. The van der Waals surface area contributed by atoms with Crippen LogP contribution in [0.4, 0.5) is 10.6 Å². The minimum absolute atomic E-state index is 0.102. The van der Waals surface area contributed by atoms with Gasteiger partial charge >= 0.3 is 6.09 Å². The van der Waals surface area contributed by atoms with Crippen LogP contribution in [0.1, 0.15) is 38.3 Å². The van der Waals surface area contributed by atoms with Gasteiger partial charge in [-0.2, -0.15) is 0 Å². The third kappa shape index (κ3) is 11.7. The summed E-state index contributed by atoms with van der Waals surface area (Å²) in [6.45, 7) is 0.492. The molecule has 0 aromatic carbocycles. The van der Waals surface area contributed by atoms with Gasteiger partial charge in [0.2, 0.25) is 0 Å². The van der Waals surface area contributed by atoms with Crippen LogP contribution in [0.25, 0.3) is 11.2 Å². The summed E-state index contributed by atoms with van der Waals surface area (Å²) in [5.74, 6) is 0.257. The van der Waals surface area contributed by atoms with Gasteiger partial charge in [0.1, 0.15) is 96.9 Å². The molecule has 1 amide bonds. The molecule has 6 unspecified atom stereocenters. The van der Waals surface area contributed by atoms with E-state index < -0.39 is 124 Å². The Morgan fingerprint density at radius 2 is 1.38 bits per heavy atom. The predicted molar refractivity (Wildman–Crippen MR) is 206 cm³/mol. The molecule has 27 nitrogen and oxygen atoms in total. The van der Waals surface area contributed by atoms with Gasteiger partial charge in [0.25, 0.3) is 0 Å². The van der Waals surface area contributed by atoms with Gasteiger partial charge in [-0.25, -0.2) is 19.7 Å². The summed E-state index contributed by atoms with van der Waals surface area (Å²) in [5.41, 5.74) is 7.35. The average molecular weight is 904 g/mol. The first-order valence-corrected chi connectivity index (χ1v) is 20.5. The number of imidazole rings is 1. The number of alkyl carbamates (subject to hydrolysis) is 1. The number of carbonyl (C=O) groups is 1. The second-order valence-corrected chi connectivity index (χ2v) is 15.5. The number of unbranched alkanes of at least 4 members (excludes halogenated alkanes) is 3. The van der Waals surface area contributed by atoms with Crippen LogP contribution in [-0.2, 0) is 52.8 Å². The van der Waals surface area contributed by atoms with Gasteiger partial charge in [0.15, 0.2) is 30.3 Å². The van der Waals surface area contributed by atoms with Gasteiger partial charge in [-0.3, -0.25) is 4.68 Å². The van der Waals surface area contributed by atoms with E-state index in [1.165, 1.54) is 6.33 Å². The van der Waals surface area contributed by atoms with Crippen molar-refractivity contribution in [1.82, 2.24) is 39.8 Å². The zero-order valence-electron chi connectivity index (χ0n) is 34.2. The lowest BCUT2D eigenvalue weighted by Gasteiger charge is -2.48. The first-order chi connectivity index (χ1) is 30.2. The summed E-state index contributed by atoms with van der Waals surface area (Å²) >= 11 is 0. The molecular formula is C36H57N9O18. The molecule has 3 aromatic rings. The SMILES string of the molecule is C[C@H](Cn1cnc2c(N)ncnc21)OC(=O)NCc1cn(CCCCCCO[C@@H]2OC(CO)[C@@H](O[C@H]3OC(CO)[C@@H](O[C@H]4OC(CO)[C@@H](O)[C@H](O)C4O)[C@H](O)C3O)[C@H](O)C2O)nn1. The molecule has 6 rings (SSSR count). The Kier molecular flexibility index (Phi) is 17.2. The summed E-state index contributed by atoms with van der Waals surface area (Å²) in [7, 11) is 0. The van der Waals surface area contributed by atoms with Gasteiger partial charge in [0, 0.05) is 13.2 Å². The smallest absolute Gasteiger partial charge is 0.407 e. The summed E-state index contributed by atoms with van der Waals surface area (Å²) in [5, 5.41) is 115. The van der Waals surface area contributed by atoms with Crippen LogP contribution in [-0.4, -0.2) is 216 Å². The van der Waals surface area contributed by atoms with Crippen molar-refractivity contribution < 1.29 is 89.0 Å². The molecule has 354 valence electrons. The van der Waals surface area contributed by atoms with E-state index in [2.05, 4.69) is 30.6 Å². The largest absolute Gasteiger partial charge is 0.445 e. The highest BCUT2D eigenvalue weighted by atomic mass is 16.8. The molecule has 0 spiro atoms. The molecule has 63 heavy (non-hydrogen) atoms. The van der Waals surface area contributed by atoms with E-state index in [0.29, 0.717) is 36.4 Å². The summed E-state index contributed by atoms with van der Waals surface area (Å²) in [6, 6.07) is 0. The van der Waals surface area contributed by atoms with Crippen molar-refractivity contribution in [2.45, 2.75) is 150 Å². The molecule has 6 heterocycles. The van der Waals surface area contributed by atoms with Crippen molar-refractivity contribution >= 4 is 23.1 Å². The highest BCUT2D eigenvalue weighted by molar-refractivity contribution is 5.81. The monoisotopic (exact) mass is 903 g/mol. The molecule has 0 bridgehead atoms. The number of aromatic nitrogens is 7. The zero-order valence-corrected chi connectivity index (χ0v) is 34.2. The number of aliphatic hydroxyl groups is 10. The van der Waals surface area contributed by atoms with E-state index >= 15 is 0 Å². The van der Waals surface area contributed by atoms with Gasteiger partial charge in [0.05, 0.1) is 45.4 Å². The third-order valence-electron chi connectivity index (χ3n) is 10.8.